The highest BCUT2D eigenvalue weighted by Crippen LogP contribution is 2.19. The van der Waals surface area contributed by atoms with Crippen molar-refractivity contribution in [3.63, 3.8) is 0 Å². The van der Waals surface area contributed by atoms with Crippen LogP contribution in [-0.2, 0) is 0 Å². The molecule has 0 spiro atoms. The fourth-order valence-corrected chi connectivity index (χ4v) is 1.11. The lowest BCUT2D eigenvalue weighted by Crippen LogP contribution is -1.81. The molecule has 1 heteroatoms. The SMILES string of the molecule is CC.CC.c1ccc(Oc2ccccc2)cc1. The Morgan fingerprint density at radius 2 is 0.824 bits per heavy atom. The Labute approximate surface area is 105 Å². The lowest BCUT2D eigenvalue weighted by molar-refractivity contribution is 0.482. The molecule has 0 aromatic heterocycles. The Morgan fingerprint density at radius 1 is 0.529 bits per heavy atom. The predicted octanol–water partition coefficient (Wildman–Crippen LogP) is 5.53. The normalized spacial score (nSPS) is 8.00. The first-order chi connectivity index (χ1) is 8.45. The van der Waals surface area contributed by atoms with E-state index in [0.717, 1.165) is 11.5 Å². The van der Waals surface area contributed by atoms with Crippen molar-refractivity contribution in [1.82, 2.24) is 0 Å². The average Bonchev–Trinajstić information content (AvgIpc) is 2.45. The van der Waals surface area contributed by atoms with Gasteiger partial charge in [0.05, 0.1) is 0 Å². The van der Waals surface area contributed by atoms with Gasteiger partial charge in [0, 0.05) is 0 Å². The Bertz CT molecular complexity index is 316. The van der Waals surface area contributed by atoms with E-state index in [1.165, 1.54) is 0 Å². The van der Waals surface area contributed by atoms with Gasteiger partial charge in [-0.1, -0.05) is 64.1 Å². The summed E-state index contributed by atoms with van der Waals surface area (Å²) in [4.78, 5) is 0. The van der Waals surface area contributed by atoms with Crippen LogP contribution < -0.4 is 4.74 Å². The van der Waals surface area contributed by atoms with Crippen molar-refractivity contribution in [2.24, 2.45) is 0 Å². The van der Waals surface area contributed by atoms with E-state index in [-0.39, 0.29) is 0 Å². The van der Waals surface area contributed by atoms with Crippen molar-refractivity contribution in [1.29, 1.82) is 0 Å². The zero-order valence-corrected chi connectivity index (χ0v) is 11.2. The Hall–Kier alpha value is -1.76. The maximum absolute atomic E-state index is 5.58. The molecule has 0 N–H and O–H groups in total. The number of benzene rings is 2. The maximum Gasteiger partial charge on any atom is 0.127 e. The Kier molecular flexibility index (Phi) is 9.64. The molecule has 0 aliphatic carbocycles. The Balaban J connectivity index is 0.000000581. The average molecular weight is 230 g/mol. The lowest BCUT2D eigenvalue weighted by atomic mass is 10.3. The van der Waals surface area contributed by atoms with Crippen LogP contribution in [0.5, 0.6) is 11.5 Å². The molecule has 0 heterocycles. The summed E-state index contributed by atoms with van der Waals surface area (Å²) in [6, 6.07) is 19.5. The van der Waals surface area contributed by atoms with Gasteiger partial charge in [0.15, 0.2) is 0 Å². The van der Waals surface area contributed by atoms with Gasteiger partial charge in [-0.2, -0.15) is 0 Å². The molecule has 92 valence electrons. The van der Waals surface area contributed by atoms with Crippen LogP contribution in [-0.4, -0.2) is 0 Å². The monoisotopic (exact) mass is 230 g/mol. The molecule has 0 saturated carbocycles. The second kappa shape index (κ2) is 10.7. The van der Waals surface area contributed by atoms with Crippen LogP contribution in [0.1, 0.15) is 27.7 Å². The number of rotatable bonds is 2. The van der Waals surface area contributed by atoms with Gasteiger partial charge in [0.2, 0.25) is 0 Å². The van der Waals surface area contributed by atoms with E-state index in [0.29, 0.717) is 0 Å². The highest BCUT2D eigenvalue weighted by Gasteiger charge is 1.92. The summed E-state index contributed by atoms with van der Waals surface area (Å²) < 4.78 is 5.58. The van der Waals surface area contributed by atoms with Crippen molar-refractivity contribution in [3.8, 4) is 11.5 Å². The number of ether oxygens (including phenoxy) is 1. The predicted molar refractivity (Wildman–Crippen MR) is 75.7 cm³/mol. The topological polar surface area (TPSA) is 9.23 Å². The highest BCUT2D eigenvalue weighted by molar-refractivity contribution is 5.30. The molecule has 17 heavy (non-hydrogen) atoms. The standard InChI is InChI=1S/C12H10O.2C2H6/c1-3-7-11(8-4-1)13-12-9-5-2-6-10-12;2*1-2/h1-10H;2*1-2H3. The van der Waals surface area contributed by atoms with E-state index >= 15 is 0 Å². The summed E-state index contributed by atoms with van der Waals surface area (Å²) in [5.74, 6) is 1.74. The van der Waals surface area contributed by atoms with E-state index in [4.69, 9.17) is 4.74 Å². The minimum absolute atomic E-state index is 0.869. The summed E-state index contributed by atoms with van der Waals surface area (Å²) in [5.41, 5.74) is 0. The van der Waals surface area contributed by atoms with Crippen LogP contribution in [0.3, 0.4) is 0 Å². The van der Waals surface area contributed by atoms with Crippen molar-refractivity contribution >= 4 is 0 Å². The van der Waals surface area contributed by atoms with Crippen LogP contribution in [0.4, 0.5) is 0 Å². The van der Waals surface area contributed by atoms with Gasteiger partial charge < -0.3 is 4.74 Å². The van der Waals surface area contributed by atoms with Crippen molar-refractivity contribution in [3.05, 3.63) is 60.7 Å². The zero-order chi connectivity index (χ0) is 12.9. The van der Waals surface area contributed by atoms with Crippen LogP contribution >= 0.6 is 0 Å². The first-order valence-corrected chi connectivity index (χ1v) is 6.23. The van der Waals surface area contributed by atoms with Crippen molar-refractivity contribution < 1.29 is 4.74 Å². The van der Waals surface area contributed by atoms with Gasteiger partial charge in [-0.3, -0.25) is 0 Å². The fraction of sp³-hybridized carbons (Fsp3) is 0.250. The summed E-state index contributed by atoms with van der Waals surface area (Å²) in [6.07, 6.45) is 0. The second-order valence-electron chi connectivity index (χ2n) is 2.73. The van der Waals surface area contributed by atoms with Crippen LogP contribution in [0.25, 0.3) is 0 Å². The van der Waals surface area contributed by atoms with Gasteiger partial charge in [-0.05, 0) is 24.3 Å². The molecule has 0 aliphatic rings. The molecular weight excluding hydrogens is 208 g/mol. The molecule has 0 atom stereocenters. The van der Waals surface area contributed by atoms with Gasteiger partial charge in [-0.15, -0.1) is 0 Å². The highest BCUT2D eigenvalue weighted by atomic mass is 16.5. The van der Waals surface area contributed by atoms with Gasteiger partial charge >= 0.3 is 0 Å². The van der Waals surface area contributed by atoms with Gasteiger partial charge in [-0.25, -0.2) is 0 Å². The van der Waals surface area contributed by atoms with Crippen molar-refractivity contribution in [2.75, 3.05) is 0 Å². The molecule has 0 aliphatic heterocycles. The molecular formula is C16H22O. The van der Waals surface area contributed by atoms with Crippen molar-refractivity contribution in [2.45, 2.75) is 27.7 Å². The fourth-order valence-electron chi connectivity index (χ4n) is 1.11. The molecule has 2 aromatic rings. The third kappa shape index (κ3) is 6.41. The molecule has 2 aromatic carbocycles. The van der Waals surface area contributed by atoms with Gasteiger partial charge in [0.1, 0.15) is 11.5 Å². The third-order valence-electron chi connectivity index (χ3n) is 1.72. The van der Waals surface area contributed by atoms with E-state index in [1.54, 1.807) is 0 Å². The van der Waals surface area contributed by atoms with E-state index in [9.17, 15) is 0 Å². The summed E-state index contributed by atoms with van der Waals surface area (Å²) in [7, 11) is 0. The lowest BCUT2D eigenvalue weighted by Gasteiger charge is -2.03. The molecule has 1 nitrogen and oxygen atoms in total. The molecule has 0 fully saturated rings. The molecule has 0 amide bonds. The molecule has 0 saturated heterocycles. The Morgan fingerprint density at radius 3 is 1.12 bits per heavy atom. The largest absolute Gasteiger partial charge is 0.457 e. The van der Waals surface area contributed by atoms with Crippen LogP contribution in [0, 0.1) is 0 Å². The third-order valence-corrected chi connectivity index (χ3v) is 1.72. The van der Waals surface area contributed by atoms with Crippen LogP contribution in [0.15, 0.2) is 60.7 Å². The molecule has 2 rings (SSSR count). The molecule has 0 unspecified atom stereocenters. The summed E-state index contributed by atoms with van der Waals surface area (Å²) >= 11 is 0. The minimum Gasteiger partial charge on any atom is -0.457 e. The summed E-state index contributed by atoms with van der Waals surface area (Å²) in [6.45, 7) is 8.00. The quantitative estimate of drug-likeness (QED) is 0.659. The first kappa shape index (κ1) is 15.2. The maximum atomic E-state index is 5.58. The summed E-state index contributed by atoms with van der Waals surface area (Å²) in [5, 5.41) is 0. The molecule has 0 bridgehead atoms. The first-order valence-electron chi connectivity index (χ1n) is 6.23. The molecule has 0 radical (unpaired) electrons. The van der Waals surface area contributed by atoms with Crippen LogP contribution in [0.2, 0.25) is 0 Å². The van der Waals surface area contributed by atoms with E-state index in [2.05, 4.69) is 0 Å². The number of hydrogen-bond acceptors (Lipinski definition) is 1. The number of para-hydroxylation sites is 2. The zero-order valence-electron chi connectivity index (χ0n) is 11.2. The number of hydrogen-bond donors (Lipinski definition) is 0. The smallest absolute Gasteiger partial charge is 0.127 e. The van der Waals surface area contributed by atoms with Gasteiger partial charge in [0.25, 0.3) is 0 Å². The van der Waals surface area contributed by atoms with E-state index in [1.807, 2.05) is 88.4 Å². The second-order valence-corrected chi connectivity index (χ2v) is 2.73. The van der Waals surface area contributed by atoms with E-state index < -0.39 is 0 Å². The minimum atomic E-state index is 0.869.